The van der Waals surface area contributed by atoms with Gasteiger partial charge in [-0.15, -0.1) is 0 Å². The fourth-order valence-electron chi connectivity index (χ4n) is 5.67. The minimum Gasteiger partial charge on any atom is -0.439 e. The van der Waals surface area contributed by atoms with Crippen LogP contribution in [0.4, 0.5) is 52.7 Å². The van der Waals surface area contributed by atoms with Crippen LogP contribution >= 0.6 is 0 Å². The highest BCUT2D eigenvalue weighted by atomic mass is 19.4. The van der Waals surface area contributed by atoms with E-state index in [4.69, 9.17) is 0 Å². The largest absolute Gasteiger partial charge is 0.439 e. The summed E-state index contributed by atoms with van der Waals surface area (Å²) in [6.45, 7) is 0. The van der Waals surface area contributed by atoms with Crippen molar-refractivity contribution >= 4 is 5.97 Å². The number of fused-ring (bicyclic) bond motifs is 2. The zero-order valence-corrected chi connectivity index (χ0v) is 17.6. The molecule has 3 aliphatic carbocycles. The van der Waals surface area contributed by atoms with E-state index in [0.717, 1.165) is 0 Å². The maximum absolute atomic E-state index is 14.1. The highest BCUT2D eigenvalue weighted by molar-refractivity contribution is 5.75. The molecule has 3 aliphatic rings. The summed E-state index contributed by atoms with van der Waals surface area (Å²) in [5.41, 5.74) is -10.9. The summed E-state index contributed by atoms with van der Waals surface area (Å²) in [6, 6.07) is 0. The van der Waals surface area contributed by atoms with Crippen molar-refractivity contribution in [1.82, 2.24) is 0 Å². The zero-order chi connectivity index (χ0) is 26.8. The lowest BCUT2D eigenvalue weighted by Gasteiger charge is -2.48. The molecule has 2 fully saturated rings. The number of alkyl halides is 12. The fourth-order valence-corrected chi connectivity index (χ4v) is 5.67. The van der Waals surface area contributed by atoms with E-state index in [9.17, 15) is 62.6 Å². The molecule has 0 spiro atoms. The Bertz CT molecular complexity index is 810. The predicted octanol–water partition coefficient (Wildman–Crippen LogP) is 6.27. The van der Waals surface area contributed by atoms with Crippen LogP contribution in [-0.4, -0.2) is 47.0 Å². The summed E-state index contributed by atoms with van der Waals surface area (Å²) in [4.78, 5) is 12.5. The van der Waals surface area contributed by atoms with Gasteiger partial charge in [0, 0.05) is 11.8 Å². The van der Waals surface area contributed by atoms with Gasteiger partial charge in [-0.05, 0) is 43.9 Å². The molecule has 5 atom stereocenters. The maximum Gasteiger partial charge on any atom is 0.437 e. The third kappa shape index (κ3) is 4.39. The van der Waals surface area contributed by atoms with Crippen LogP contribution in [0.15, 0.2) is 12.2 Å². The first-order valence-corrected chi connectivity index (χ1v) is 10.6. The number of hydrogen-bond donors (Lipinski definition) is 1. The standard InChI is InChI=1S/C20H20F12O3/c21-17(22,23)15(34,18(24,25)26)11-2-1-3-12(8-11)16(19(27,28)29,20(30,31)32)35-14(33)13-7-9-4-5-10(13)6-9/h4-5,9-13,34H,1-3,6-8H2. The average Bonchev–Trinajstić information content (AvgIpc) is 3.31. The number of esters is 1. The van der Waals surface area contributed by atoms with Crippen molar-refractivity contribution in [2.75, 3.05) is 0 Å². The van der Waals surface area contributed by atoms with Gasteiger partial charge >= 0.3 is 36.3 Å². The Morgan fingerprint density at radius 2 is 1.23 bits per heavy atom. The molecule has 0 aliphatic heterocycles. The van der Waals surface area contributed by atoms with E-state index in [0.29, 0.717) is 6.42 Å². The van der Waals surface area contributed by atoms with Gasteiger partial charge in [0.25, 0.3) is 5.60 Å². The first kappa shape index (κ1) is 27.9. The summed E-state index contributed by atoms with van der Waals surface area (Å²) >= 11 is 0. The second-order valence-electron chi connectivity index (χ2n) is 9.36. The van der Waals surface area contributed by atoms with Gasteiger partial charge in [0.05, 0.1) is 5.92 Å². The van der Waals surface area contributed by atoms with Crippen LogP contribution in [-0.2, 0) is 9.53 Å². The van der Waals surface area contributed by atoms with Gasteiger partial charge in [-0.1, -0.05) is 18.6 Å². The highest BCUT2D eigenvalue weighted by Gasteiger charge is 2.80. The molecule has 2 bridgehead atoms. The molecular weight excluding hydrogens is 516 g/mol. The number of carbonyl (C=O) groups is 1. The fraction of sp³-hybridized carbons (Fsp3) is 0.850. The van der Waals surface area contributed by atoms with E-state index in [1.54, 1.807) is 6.08 Å². The van der Waals surface area contributed by atoms with Crippen LogP contribution in [0.1, 0.15) is 38.5 Å². The van der Waals surface area contributed by atoms with Crippen LogP contribution < -0.4 is 0 Å². The van der Waals surface area contributed by atoms with E-state index >= 15 is 0 Å². The van der Waals surface area contributed by atoms with Gasteiger partial charge in [0.15, 0.2) is 0 Å². The second-order valence-corrected chi connectivity index (χ2v) is 9.36. The number of aliphatic hydroxyl groups is 1. The Morgan fingerprint density at radius 3 is 1.63 bits per heavy atom. The third-order valence-corrected chi connectivity index (χ3v) is 7.39. The molecule has 2 saturated carbocycles. The van der Waals surface area contributed by atoms with Gasteiger partial charge in [0.2, 0.25) is 0 Å². The molecule has 0 amide bonds. The molecule has 0 radical (unpaired) electrons. The molecule has 35 heavy (non-hydrogen) atoms. The van der Waals surface area contributed by atoms with Crippen LogP contribution in [0.25, 0.3) is 0 Å². The minimum absolute atomic E-state index is 0.0962. The topological polar surface area (TPSA) is 46.5 Å². The Balaban J connectivity index is 2.03. The average molecular weight is 536 g/mol. The number of carbonyl (C=O) groups excluding carboxylic acids is 1. The summed E-state index contributed by atoms with van der Waals surface area (Å²) in [5.74, 6) is -10.3. The van der Waals surface area contributed by atoms with Crippen molar-refractivity contribution in [3.05, 3.63) is 12.2 Å². The molecule has 15 heteroatoms. The van der Waals surface area contributed by atoms with Crippen LogP contribution in [0.2, 0.25) is 0 Å². The number of ether oxygens (including phenoxy) is 1. The zero-order valence-electron chi connectivity index (χ0n) is 17.6. The maximum atomic E-state index is 14.1. The monoisotopic (exact) mass is 536 g/mol. The second kappa shape index (κ2) is 8.44. The van der Waals surface area contributed by atoms with Crippen molar-refractivity contribution in [3.63, 3.8) is 0 Å². The van der Waals surface area contributed by atoms with Gasteiger partial charge in [-0.3, -0.25) is 4.79 Å². The lowest BCUT2D eigenvalue weighted by atomic mass is 9.66. The van der Waals surface area contributed by atoms with Crippen molar-refractivity contribution in [3.8, 4) is 0 Å². The van der Waals surface area contributed by atoms with E-state index in [-0.39, 0.29) is 12.3 Å². The van der Waals surface area contributed by atoms with Crippen molar-refractivity contribution < 1.29 is 67.3 Å². The lowest BCUT2D eigenvalue weighted by molar-refractivity contribution is -0.404. The van der Waals surface area contributed by atoms with E-state index in [1.807, 2.05) is 0 Å². The first-order valence-electron chi connectivity index (χ1n) is 10.6. The Morgan fingerprint density at radius 1 is 0.714 bits per heavy atom. The molecule has 0 heterocycles. The third-order valence-electron chi connectivity index (χ3n) is 7.39. The summed E-state index contributed by atoms with van der Waals surface area (Å²) < 4.78 is 168. The van der Waals surface area contributed by atoms with Crippen LogP contribution in [0.5, 0.6) is 0 Å². The highest BCUT2D eigenvalue weighted by Crippen LogP contribution is 2.59. The molecule has 0 aromatic heterocycles. The Labute approximate surface area is 190 Å². The Kier molecular flexibility index (Phi) is 6.73. The smallest absolute Gasteiger partial charge is 0.437 e. The normalized spacial score (nSPS) is 30.6. The summed E-state index contributed by atoms with van der Waals surface area (Å²) in [5, 5.41) is 9.60. The Hall–Kier alpha value is -1.67. The predicted molar refractivity (Wildman–Crippen MR) is 92.3 cm³/mol. The van der Waals surface area contributed by atoms with Crippen molar-refractivity contribution in [2.24, 2.45) is 29.6 Å². The van der Waals surface area contributed by atoms with Gasteiger partial charge in [-0.25, -0.2) is 0 Å². The molecule has 0 aromatic rings. The number of allylic oxidation sites excluding steroid dienone is 2. The van der Waals surface area contributed by atoms with Crippen LogP contribution in [0, 0.1) is 29.6 Å². The van der Waals surface area contributed by atoms with Gasteiger partial charge in [-0.2, -0.15) is 52.7 Å². The number of halogens is 12. The minimum atomic E-state index is -6.44. The van der Waals surface area contributed by atoms with E-state index in [2.05, 4.69) is 4.74 Å². The summed E-state index contributed by atoms with van der Waals surface area (Å²) in [6.07, 6.45) is -27.7. The molecule has 0 aromatic carbocycles. The molecule has 202 valence electrons. The molecule has 1 N–H and O–H groups in total. The molecular formula is C20H20F12O3. The quantitative estimate of drug-likeness (QED) is 0.262. The van der Waals surface area contributed by atoms with Crippen LogP contribution in [0.3, 0.4) is 0 Å². The SMILES string of the molecule is O=C(OC(C1CCCC(C(O)(C(F)(F)F)C(F)(F)F)C1)(C(F)(F)F)C(F)(F)F)C1CC2C=CC1C2. The van der Waals surface area contributed by atoms with Crippen molar-refractivity contribution in [1.29, 1.82) is 0 Å². The number of hydrogen-bond acceptors (Lipinski definition) is 3. The van der Waals surface area contributed by atoms with Crippen molar-refractivity contribution in [2.45, 2.75) is 74.4 Å². The molecule has 3 nitrogen and oxygen atoms in total. The van der Waals surface area contributed by atoms with E-state index in [1.165, 1.54) is 6.08 Å². The van der Waals surface area contributed by atoms with E-state index < -0.39 is 91.2 Å². The molecule has 5 unspecified atom stereocenters. The molecule has 3 rings (SSSR count). The number of rotatable bonds is 4. The summed E-state index contributed by atoms with van der Waals surface area (Å²) in [7, 11) is 0. The van der Waals surface area contributed by atoms with Gasteiger partial charge in [0.1, 0.15) is 0 Å². The van der Waals surface area contributed by atoms with Gasteiger partial charge < -0.3 is 9.84 Å². The lowest BCUT2D eigenvalue weighted by Crippen LogP contribution is -2.67. The molecule has 0 saturated heterocycles. The first-order chi connectivity index (χ1) is 15.7.